The van der Waals surface area contributed by atoms with Crippen LogP contribution in [0, 0.1) is 0 Å². The Morgan fingerprint density at radius 2 is 1.67 bits per heavy atom. The summed E-state index contributed by atoms with van der Waals surface area (Å²) in [6.07, 6.45) is 12.0. The number of nitrogens with one attached hydrogen (secondary N) is 1. The molecule has 0 fully saturated rings. The maximum absolute atomic E-state index is 12.0. The molecule has 3 N–H and O–H groups in total. The van der Waals surface area contributed by atoms with Gasteiger partial charge in [0.2, 0.25) is 5.91 Å². The molecule has 154 valence electrons. The molecule has 27 heavy (non-hydrogen) atoms. The Morgan fingerprint density at radius 3 is 2.30 bits per heavy atom. The lowest BCUT2D eigenvalue weighted by Gasteiger charge is -2.12. The average molecular weight is 379 g/mol. The number of methoxy groups -OCH3 is 1. The monoisotopic (exact) mass is 378 g/mol. The van der Waals surface area contributed by atoms with Crippen LogP contribution in [0.15, 0.2) is 18.2 Å². The lowest BCUT2D eigenvalue weighted by molar-refractivity contribution is -0.121. The zero-order valence-corrected chi connectivity index (χ0v) is 17.2. The summed E-state index contributed by atoms with van der Waals surface area (Å²) in [5, 5.41) is 2.98. The van der Waals surface area contributed by atoms with Crippen molar-refractivity contribution in [1.82, 2.24) is 5.32 Å². The summed E-state index contributed by atoms with van der Waals surface area (Å²) in [5.41, 5.74) is 6.45. The van der Waals surface area contributed by atoms with Gasteiger partial charge in [-0.1, -0.05) is 64.4 Å². The summed E-state index contributed by atoms with van der Waals surface area (Å²) >= 11 is 0. The second-order valence-electron chi connectivity index (χ2n) is 6.98. The topological polar surface area (TPSA) is 73.6 Å². The molecule has 0 unspecified atom stereocenters. The quantitative estimate of drug-likeness (QED) is 0.413. The summed E-state index contributed by atoms with van der Waals surface area (Å²) in [6, 6.07) is 5.69. The molecule has 1 aromatic rings. The largest absolute Gasteiger partial charge is 0.493 e. The lowest BCUT2D eigenvalue weighted by Crippen LogP contribution is -2.22. The number of hydrogen-bond acceptors (Lipinski definition) is 4. The third kappa shape index (κ3) is 10.9. The first kappa shape index (κ1) is 23.3. The highest BCUT2D eigenvalue weighted by molar-refractivity contribution is 5.75. The maximum atomic E-state index is 12.0. The number of amides is 1. The molecule has 0 heterocycles. The Balaban J connectivity index is 2.17. The van der Waals surface area contributed by atoms with Gasteiger partial charge in [0.15, 0.2) is 11.5 Å². The molecule has 0 atom stereocenters. The van der Waals surface area contributed by atoms with E-state index >= 15 is 0 Å². The molecule has 0 spiro atoms. The van der Waals surface area contributed by atoms with Gasteiger partial charge in [-0.05, 0) is 24.1 Å². The van der Waals surface area contributed by atoms with E-state index < -0.39 is 0 Å². The number of rotatable bonds is 16. The van der Waals surface area contributed by atoms with Crippen LogP contribution in [0.1, 0.15) is 76.7 Å². The first-order chi connectivity index (χ1) is 13.2. The fraction of sp³-hybridized carbons (Fsp3) is 0.682. The second kappa shape index (κ2) is 15.3. The van der Waals surface area contributed by atoms with Crippen LogP contribution in [0.3, 0.4) is 0 Å². The van der Waals surface area contributed by atoms with E-state index in [-0.39, 0.29) is 5.91 Å². The van der Waals surface area contributed by atoms with E-state index in [9.17, 15) is 4.79 Å². The highest BCUT2D eigenvalue weighted by Gasteiger charge is 2.07. The molecule has 1 rings (SSSR count). The Bertz CT molecular complexity index is 520. The smallest absolute Gasteiger partial charge is 0.220 e. The Labute approximate surface area is 165 Å². The fourth-order valence-corrected chi connectivity index (χ4v) is 3.00. The van der Waals surface area contributed by atoms with Crippen LogP contribution in [-0.2, 0) is 11.3 Å². The number of carbonyl (C=O) groups is 1. The number of unbranched alkanes of at least 4 members (excludes halogenated alkanes) is 8. The van der Waals surface area contributed by atoms with Gasteiger partial charge in [-0.3, -0.25) is 4.79 Å². The molecule has 1 aromatic carbocycles. The molecule has 0 saturated heterocycles. The van der Waals surface area contributed by atoms with Gasteiger partial charge >= 0.3 is 0 Å². The van der Waals surface area contributed by atoms with E-state index in [0.717, 1.165) is 18.4 Å². The van der Waals surface area contributed by atoms with Gasteiger partial charge in [-0.2, -0.15) is 0 Å². The summed E-state index contributed by atoms with van der Waals surface area (Å²) in [7, 11) is 1.61. The van der Waals surface area contributed by atoms with Crippen LogP contribution >= 0.6 is 0 Å². The summed E-state index contributed by atoms with van der Waals surface area (Å²) in [5.74, 6) is 1.45. The number of hydrogen-bond donors (Lipinski definition) is 2. The lowest BCUT2D eigenvalue weighted by atomic mass is 10.1. The highest BCUT2D eigenvalue weighted by atomic mass is 16.5. The third-order valence-electron chi connectivity index (χ3n) is 4.60. The van der Waals surface area contributed by atoms with Crippen LogP contribution in [-0.4, -0.2) is 26.2 Å². The van der Waals surface area contributed by atoms with Gasteiger partial charge < -0.3 is 20.5 Å². The van der Waals surface area contributed by atoms with Crippen molar-refractivity contribution in [3.63, 3.8) is 0 Å². The van der Waals surface area contributed by atoms with Gasteiger partial charge in [0, 0.05) is 19.5 Å². The Morgan fingerprint density at radius 1 is 1.00 bits per heavy atom. The first-order valence-corrected chi connectivity index (χ1v) is 10.5. The second-order valence-corrected chi connectivity index (χ2v) is 6.98. The van der Waals surface area contributed by atoms with Crippen LogP contribution in [0.5, 0.6) is 11.5 Å². The molecule has 0 aliphatic carbocycles. The van der Waals surface area contributed by atoms with Gasteiger partial charge in [-0.25, -0.2) is 0 Å². The van der Waals surface area contributed by atoms with E-state index in [1.165, 1.54) is 44.9 Å². The highest BCUT2D eigenvalue weighted by Crippen LogP contribution is 2.27. The predicted molar refractivity (Wildman–Crippen MR) is 111 cm³/mol. The number of nitrogens with two attached hydrogens (primary N) is 1. The molecular formula is C22H38N2O3. The molecule has 0 aromatic heterocycles. The SMILES string of the molecule is CCCCCCCCCCCC(=O)NCc1ccc(OCCN)c(OC)c1. The average Bonchev–Trinajstić information content (AvgIpc) is 2.69. The van der Waals surface area contributed by atoms with Crippen LogP contribution in [0.25, 0.3) is 0 Å². The summed E-state index contributed by atoms with van der Waals surface area (Å²) in [6.45, 7) is 3.66. The van der Waals surface area contributed by atoms with Crippen molar-refractivity contribution in [3.05, 3.63) is 23.8 Å². The molecule has 0 aliphatic heterocycles. The van der Waals surface area contributed by atoms with Crippen molar-refractivity contribution in [2.45, 2.75) is 77.7 Å². The third-order valence-corrected chi connectivity index (χ3v) is 4.60. The molecule has 5 heteroatoms. The van der Waals surface area contributed by atoms with Crippen molar-refractivity contribution in [1.29, 1.82) is 0 Å². The minimum Gasteiger partial charge on any atom is -0.493 e. The molecule has 1 amide bonds. The van der Waals surface area contributed by atoms with Crippen LogP contribution in [0.4, 0.5) is 0 Å². The van der Waals surface area contributed by atoms with Crippen molar-refractivity contribution >= 4 is 5.91 Å². The first-order valence-electron chi connectivity index (χ1n) is 10.5. The standard InChI is InChI=1S/C22H38N2O3/c1-3-4-5-6-7-8-9-10-11-12-22(25)24-18-19-13-14-20(27-16-15-23)21(17-19)26-2/h13-14,17H,3-12,15-16,18,23H2,1-2H3,(H,24,25). The van der Waals surface area contributed by atoms with Gasteiger partial charge in [0.25, 0.3) is 0 Å². The number of ether oxygens (including phenoxy) is 2. The molecule has 0 aliphatic rings. The van der Waals surface area contributed by atoms with E-state index in [0.29, 0.717) is 37.6 Å². The van der Waals surface area contributed by atoms with Crippen LogP contribution < -0.4 is 20.5 Å². The number of carbonyl (C=O) groups excluding carboxylic acids is 1. The minimum atomic E-state index is 0.111. The van der Waals surface area contributed by atoms with Gasteiger partial charge in [-0.15, -0.1) is 0 Å². The van der Waals surface area contributed by atoms with Gasteiger partial charge in [0.05, 0.1) is 7.11 Å². The zero-order valence-electron chi connectivity index (χ0n) is 17.2. The summed E-state index contributed by atoms with van der Waals surface area (Å²) in [4.78, 5) is 12.0. The molecule has 0 radical (unpaired) electrons. The zero-order chi connectivity index (χ0) is 19.7. The van der Waals surface area contributed by atoms with E-state index in [4.69, 9.17) is 15.2 Å². The minimum absolute atomic E-state index is 0.111. The van der Waals surface area contributed by atoms with Crippen molar-refractivity contribution < 1.29 is 14.3 Å². The summed E-state index contributed by atoms with van der Waals surface area (Å²) < 4.78 is 10.9. The molecule has 0 saturated carbocycles. The van der Waals surface area contributed by atoms with Crippen molar-refractivity contribution in [2.24, 2.45) is 5.73 Å². The number of benzene rings is 1. The predicted octanol–water partition coefficient (Wildman–Crippen LogP) is 4.57. The van der Waals surface area contributed by atoms with E-state index in [2.05, 4.69) is 12.2 Å². The van der Waals surface area contributed by atoms with E-state index in [1.54, 1.807) is 7.11 Å². The Hall–Kier alpha value is -1.75. The maximum Gasteiger partial charge on any atom is 0.220 e. The van der Waals surface area contributed by atoms with Gasteiger partial charge in [0.1, 0.15) is 6.61 Å². The molecule has 5 nitrogen and oxygen atoms in total. The molecule has 0 bridgehead atoms. The normalized spacial score (nSPS) is 10.6. The molecular weight excluding hydrogens is 340 g/mol. The van der Waals surface area contributed by atoms with Crippen molar-refractivity contribution in [2.75, 3.05) is 20.3 Å². The Kier molecular flexibility index (Phi) is 13.2. The van der Waals surface area contributed by atoms with E-state index in [1.807, 2.05) is 18.2 Å². The van der Waals surface area contributed by atoms with Crippen molar-refractivity contribution in [3.8, 4) is 11.5 Å². The van der Waals surface area contributed by atoms with Crippen LogP contribution in [0.2, 0.25) is 0 Å². The fourth-order valence-electron chi connectivity index (χ4n) is 3.00.